The Morgan fingerprint density at radius 1 is 1.39 bits per heavy atom. The van der Waals surface area contributed by atoms with Crippen molar-refractivity contribution in [2.24, 2.45) is 17.6 Å². The van der Waals surface area contributed by atoms with Crippen LogP contribution in [0.2, 0.25) is 0 Å². The molecule has 1 aliphatic rings. The van der Waals surface area contributed by atoms with Crippen molar-refractivity contribution in [2.75, 3.05) is 19.8 Å². The van der Waals surface area contributed by atoms with Crippen molar-refractivity contribution in [1.29, 1.82) is 0 Å². The summed E-state index contributed by atoms with van der Waals surface area (Å²) in [5.74, 6) is 0.845. The van der Waals surface area contributed by atoms with Gasteiger partial charge in [0, 0.05) is 31.7 Å². The van der Waals surface area contributed by atoms with Crippen LogP contribution in [-0.4, -0.2) is 31.7 Å². The summed E-state index contributed by atoms with van der Waals surface area (Å²) in [6.45, 7) is 6.52. The number of hydrogen-bond acceptors (Lipinski definition) is 3. The van der Waals surface area contributed by atoms with Crippen molar-refractivity contribution in [3.63, 3.8) is 0 Å². The van der Waals surface area contributed by atoms with Gasteiger partial charge in [-0.15, -0.1) is 0 Å². The zero-order valence-electron chi connectivity index (χ0n) is 11.8. The van der Waals surface area contributed by atoms with Gasteiger partial charge < -0.3 is 15.8 Å². The van der Waals surface area contributed by atoms with Crippen LogP contribution >= 0.6 is 0 Å². The van der Waals surface area contributed by atoms with Crippen LogP contribution in [0.3, 0.4) is 0 Å². The molecule has 1 aliphatic carbocycles. The number of hydrogen-bond donors (Lipinski definition) is 2. The van der Waals surface area contributed by atoms with Gasteiger partial charge in [0.05, 0.1) is 0 Å². The fourth-order valence-corrected chi connectivity index (χ4v) is 2.37. The summed E-state index contributed by atoms with van der Waals surface area (Å²) < 4.78 is 5.37. The molecule has 3 unspecified atom stereocenters. The minimum Gasteiger partial charge on any atom is -0.381 e. The van der Waals surface area contributed by atoms with E-state index in [0.29, 0.717) is 12.5 Å². The number of ether oxygens (including phenoxy) is 1. The highest BCUT2D eigenvalue weighted by Gasteiger charge is 2.29. The van der Waals surface area contributed by atoms with Crippen LogP contribution in [0.25, 0.3) is 0 Å². The maximum Gasteiger partial charge on any atom is 0.223 e. The third-order valence-electron chi connectivity index (χ3n) is 3.74. The van der Waals surface area contributed by atoms with Gasteiger partial charge in [-0.25, -0.2) is 0 Å². The molecule has 18 heavy (non-hydrogen) atoms. The predicted molar refractivity (Wildman–Crippen MR) is 73.2 cm³/mol. The van der Waals surface area contributed by atoms with Crippen molar-refractivity contribution >= 4 is 5.91 Å². The molecule has 0 spiro atoms. The topological polar surface area (TPSA) is 64.3 Å². The molecule has 4 heteroatoms. The van der Waals surface area contributed by atoms with Crippen LogP contribution < -0.4 is 11.1 Å². The zero-order chi connectivity index (χ0) is 13.4. The van der Waals surface area contributed by atoms with Crippen LogP contribution in [-0.2, 0) is 9.53 Å². The van der Waals surface area contributed by atoms with Gasteiger partial charge in [-0.2, -0.15) is 0 Å². The first-order valence-electron chi connectivity index (χ1n) is 7.26. The highest BCUT2D eigenvalue weighted by atomic mass is 16.5. The molecule has 4 nitrogen and oxygen atoms in total. The summed E-state index contributed by atoms with van der Waals surface area (Å²) in [5.41, 5.74) is 6.02. The van der Waals surface area contributed by atoms with Crippen LogP contribution in [0.15, 0.2) is 0 Å². The third-order valence-corrected chi connectivity index (χ3v) is 3.74. The van der Waals surface area contributed by atoms with Gasteiger partial charge in [0.2, 0.25) is 5.91 Å². The number of carbonyl (C=O) groups excluding carboxylic acids is 1. The number of rotatable bonds is 7. The minimum absolute atomic E-state index is 0.118. The molecule has 3 atom stereocenters. The van der Waals surface area contributed by atoms with E-state index < -0.39 is 0 Å². The Balaban J connectivity index is 2.09. The quantitative estimate of drug-likeness (QED) is 0.681. The summed E-state index contributed by atoms with van der Waals surface area (Å²) in [5, 5.41) is 2.99. The molecule has 0 aromatic heterocycles. The minimum atomic E-state index is 0.118. The molecule has 106 valence electrons. The van der Waals surface area contributed by atoms with E-state index in [1.165, 1.54) is 0 Å². The molecular weight excluding hydrogens is 228 g/mol. The maximum atomic E-state index is 11.9. The summed E-state index contributed by atoms with van der Waals surface area (Å²) in [6.07, 6.45) is 4.82. The van der Waals surface area contributed by atoms with E-state index in [-0.39, 0.29) is 17.9 Å². The lowest BCUT2D eigenvalue weighted by molar-refractivity contribution is -0.126. The molecule has 0 saturated heterocycles. The molecular formula is C14H28N2O2. The monoisotopic (exact) mass is 256 g/mol. The molecule has 1 rings (SSSR count). The summed E-state index contributed by atoms with van der Waals surface area (Å²) in [7, 11) is 0. The smallest absolute Gasteiger partial charge is 0.223 e. The molecule has 0 aromatic carbocycles. The molecule has 1 saturated carbocycles. The molecule has 0 bridgehead atoms. The second-order valence-electron chi connectivity index (χ2n) is 5.41. The zero-order valence-corrected chi connectivity index (χ0v) is 11.8. The SMILES string of the molecule is CCCOCCCNC(=O)C1CCC(C)C(N)C1. The van der Waals surface area contributed by atoms with Gasteiger partial charge in [-0.1, -0.05) is 13.8 Å². The first kappa shape index (κ1) is 15.4. The van der Waals surface area contributed by atoms with Crippen molar-refractivity contribution in [1.82, 2.24) is 5.32 Å². The average molecular weight is 256 g/mol. The van der Waals surface area contributed by atoms with Gasteiger partial charge in [-0.05, 0) is 38.0 Å². The van der Waals surface area contributed by atoms with Crippen molar-refractivity contribution in [3.05, 3.63) is 0 Å². The summed E-state index contributed by atoms with van der Waals surface area (Å²) >= 11 is 0. The highest BCUT2D eigenvalue weighted by Crippen LogP contribution is 2.27. The number of amides is 1. The third kappa shape index (κ3) is 5.36. The van der Waals surface area contributed by atoms with E-state index in [1.54, 1.807) is 0 Å². The van der Waals surface area contributed by atoms with E-state index in [1.807, 2.05) is 0 Å². The highest BCUT2D eigenvalue weighted by molar-refractivity contribution is 5.78. The van der Waals surface area contributed by atoms with Gasteiger partial charge in [0.15, 0.2) is 0 Å². The van der Waals surface area contributed by atoms with E-state index in [9.17, 15) is 4.79 Å². The lowest BCUT2D eigenvalue weighted by Crippen LogP contribution is -2.41. The number of nitrogens with one attached hydrogen (secondary N) is 1. The van der Waals surface area contributed by atoms with Crippen LogP contribution in [0.5, 0.6) is 0 Å². The van der Waals surface area contributed by atoms with Crippen molar-refractivity contribution < 1.29 is 9.53 Å². The fourth-order valence-electron chi connectivity index (χ4n) is 2.37. The van der Waals surface area contributed by atoms with Crippen LogP contribution in [0.4, 0.5) is 0 Å². The van der Waals surface area contributed by atoms with E-state index in [2.05, 4.69) is 19.2 Å². The number of nitrogens with two attached hydrogens (primary N) is 1. The Morgan fingerprint density at radius 2 is 2.17 bits per heavy atom. The summed E-state index contributed by atoms with van der Waals surface area (Å²) in [6, 6.07) is 0.183. The largest absolute Gasteiger partial charge is 0.381 e. The lowest BCUT2D eigenvalue weighted by atomic mass is 9.79. The predicted octanol–water partition coefficient (Wildman–Crippen LogP) is 1.68. The van der Waals surface area contributed by atoms with E-state index in [4.69, 9.17) is 10.5 Å². The van der Waals surface area contributed by atoms with Gasteiger partial charge in [0.25, 0.3) is 0 Å². The van der Waals surface area contributed by atoms with Gasteiger partial charge >= 0.3 is 0 Å². The Kier molecular flexibility index (Phi) is 7.28. The van der Waals surface area contributed by atoms with Gasteiger partial charge in [-0.3, -0.25) is 4.79 Å². The first-order valence-corrected chi connectivity index (χ1v) is 7.26. The van der Waals surface area contributed by atoms with E-state index >= 15 is 0 Å². The molecule has 1 fully saturated rings. The molecule has 0 heterocycles. The van der Waals surface area contributed by atoms with E-state index in [0.717, 1.165) is 45.3 Å². The second-order valence-corrected chi connectivity index (χ2v) is 5.41. The van der Waals surface area contributed by atoms with Crippen molar-refractivity contribution in [3.8, 4) is 0 Å². The fraction of sp³-hybridized carbons (Fsp3) is 0.929. The molecule has 0 radical (unpaired) electrons. The van der Waals surface area contributed by atoms with Gasteiger partial charge in [0.1, 0.15) is 0 Å². The Morgan fingerprint density at radius 3 is 2.83 bits per heavy atom. The lowest BCUT2D eigenvalue weighted by Gasteiger charge is -2.31. The molecule has 3 N–H and O–H groups in total. The molecule has 0 aromatic rings. The molecule has 0 aliphatic heterocycles. The van der Waals surface area contributed by atoms with Crippen LogP contribution in [0, 0.1) is 11.8 Å². The molecule has 1 amide bonds. The van der Waals surface area contributed by atoms with Crippen LogP contribution in [0.1, 0.15) is 46.0 Å². The number of carbonyl (C=O) groups is 1. The Bertz CT molecular complexity index is 246. The first-order chi connectivity index (χ1) is 8.65. The Labute approximate surface area is 111 Å². The summed E-state index contributed by atoms with van der Waals surface area (Å²) in [4.78, 5) is 11.9. The second kappa shape index (κ2) is 8.48. The standard InChI is InChI=1S/C14H28N2O2/c1-3-8-18-9-4-7-16-14(17)12-6-5-11(2)13(15)10-12/h11-13H,3-10,15H2,1-2H3,(H,16,17). The average Bonchev–Trinajstić information content (AvgIpc) is 2.36. The maximum absolute atomic E-state index is 11.9. The normalized spacial score (nSPS) is 28.1. The van der Waals surface area contributed by atoms with Crippen molar-refractivity contribution in [2.45, 2.75) is 52.0 Å². The Hall–Kier alpha value is -0.610.